The van der Waals surface area contributed by atoms with Crippen molar-refractivity contribution in [3.63, 3.8) is 0 Å². The molecule has 2 N–H and O–H groups in total. The molecule has 76 valence electrons. The Morgan fingerprint density at radius 1 is 1.43 bits per heavy atom. The summed E-state index contributed by atoms with van der Waals surface area (Å²) in [5.74, 6) is 0. The van der Waals surface area contributed by atoms with Crippen molar-refractivity contribution in [3.05, 3.63) is 43.0 Å². The zero-order valence-corrected chi connectivity index (χ0v) is 8.88. The van der Waals surface area contributed by atoms with Gasteiger partial charge in [0.05, 0.1) is 0 Å². The van der Waals surface area contributed by atoms with E-state index in [-0.39, 0.29) is 0 Å². The lowest BCUT2D eigenvalue weighted by Crippen LogP contribution is -1.84. The van der Waals surface area contributed by atoms with Crippen LogP contribution in [-0.2, 0) is 0 Å². The lowest BCUT2D eigenvalue weighted by atomic mass is 10.3. The van der Waals surface area contributed by atoms with E-state index in [9.17, 15) is 0 Å². The third kappa shape index (κ3) is 7.10. The Morgan fingerprint density at radius 2 is 2.00 bits per heavy atom. The minimum Gasteiger partial charge on any atom is -0.388 e. The van der Waals surface area contributed by atoms with Crippen molar-refractivity contribution < 1.29 is 0 Å². The van der Waals surface area contributed by atoms with E-state index in [1.807, 2.05) is 37.4 Å². The molecule has 2 nitrogen and oxygen atoms in total. The Labute approximate surface area is 86.2 Å². The van der Waals surface area contributed by atoms with E-state index < -0.39 is 0 Å². The first-order valence-corrected chi connectivity index (χ1v) is 4.58. The molecule has 1 aromatic rings. The van der Waals surface area contributed by atoms with Gasteiger partial charge in [0.1, 0.15) is 0 Å². The fraction of sp³-hybridized carbons (Fsp3) is 0.250. The average molecular weight is 190 g/mol. The topological polar surface area (TPSA) is 35.9 Å². The molecule has 14 heavy (non-hydrogen) atoms. The van der Waals surface area contributed by atoms with Gasteiger partial charge < -0.3 is 10.7 Å². The van der Waals surface area contributed by atoms with Crippen molar-refractivity contribution in [2.45, 2.75) is 13.3 Å². The molecule has 1 aromatic carbocycles. The number of para-hydroxylation sites is 1. The van der Waals surface area contributed by atoms with Crippen LogP contribution in [0.25, 0.3) is 0 Å². The highest BCUT2D eigenvalue weighted by molar-refractivity contribution is 5.79. The fourth-order valence-electron chi connectivity index (χ4n) is 0.821. The molecule has 0 spiro atoms. The highest BCUT2D eigenvalue weighted by atomic mass is 14.8. The largest absolute Gasteiger partial charge is 0.388 e. The van der Waals surface area contributed by atoms with Gasteiger partial charge >= 0.3 is 0 Å². The molecule has 0 atom stereocenters. The number of allylic oxidation sites excluding steroid dienone is 1. The van der Waals surface area contributed by atoms with Crippen LogP contribution in [0.4, 0.5) is 5.69 Å². The first-order chi connectivity index (χ1) is 6.70. The van der Waals surface area contributed by atoms with Gasteiger partial charge in [0.15, 0.2) is 0 Å². The first kappa shape index (κ1) is 12.4. The minimum atomic E-state index is 0.671. The molecule has 0 radical (unpaired) electrons. The Balaban J connectivity index is 0.000000255. The number of nitrogens with one attached hydrogen (secondary N) is 2. The van der Waals surface area contributed by atoms with Crippen LogP contribution in [0, 0.1) is 5.41 Å². The highest BCUT2D eigenvalue weighted by Gasteiger charge is 1.77. The van der Waals surface area contributed by atoms with Crippen molar-refractivity contribution in [2.75, 3.05) is 12.4 Å². The number of benzene rings is 1. The average Bonchev–Trinajstić information content (AvgIpc) is 2.20. The lowest BCUT2D eigenvalue weighted by molar-refractivity contribution is 1.35. The molecule has 0 aliphatic rings. The Kier molecular flexibility index (Phi) is 7.15. The van der Waals surface area contributed by atoms with Crippen LogP contribution in [0.5, 0.6) is 0 Å². The van der Waals surface area contributed by atoms with Gasteiger partial charge in [-0.05, 0) is 19.1 Å². The summed E-state index contributed by atoms with van der Waals surface area (Å²) < 4.78 is 0. The maximum Gasteiger partial charge on any atom is 0.0337 e. The number of anilines is 1. The number of hydrogen-bond acceptors (Lipinski definition) is 2. The summed E-state index contributed by atoms with van der Waals surface area (Å²) in [6, 6.07) is 10.1. The van der Waals surface area contributed by atoms with Gasteiger partial charge in [0.2, 0.25) is 0 Å². The van der Waals surface area contributed by atoms with Gasteiger partial charge in [0.25, 0.3) is 0 Å². The Morgan fingerprint density at radius 3 is 2.21 bits per heavy atom. The molecule has 0 fully saturated rings. The van der Waals surface area contributed by atoms with Gasteiger partial charge in [-0.15, -0.1) is 6.58 Å². The second-order valence-corrected chi connectivity index (χ2v) is 2.89. The van der Waals surface area contributed by atoms with E-state index in [4.69, 9.17) is 5.41 Å². The zero-order valence-electron chi connectivity index (χ0n) is 8.88. The third-order valence-electron chi connectivity index (χ3n) is 1.51. The fourth-order valence-corrected chi connectivity index (χ4v) is 0.821. The van der Waals surface area contributed by atoms with Crippen LogP contribution in [0.15, 0.2) is 43.0 Å². The maximum absolute atomic E-state index is 6.82. The number of hydrogen-bond donors (Lipinski definition) is 2. The normalized spacial score (nSPS) is 8.14. The summed E-state index contributed by atoms with van der Waals surface area (Å²) in [4.78, 5) is 0. The molecule has 2 heteroatoms. The van der Waals surface area contributed by atoms with E-state index in [1.54, 1.807) is 13.0 Å². The maximum atomic E-state index is 6.82. The van der Waals surface area contributed by atoms with Gasteiger partial charge in [-0.3, -0.25) is 0 Å². The van der Waals surface area contributed by atoms with E-state index in [1.165, 1.54) is 0 Å². The molecule has 0 aromatic heterocycles. The van der Waals surface area contributed by atoms with Gasteiger partial charge in [-0.2, -0.15) is 0 Å². The van der Waals surface area contributed by atoms with Crippen LogP contribution in [0.1, 0.15) is 13.3 Å². The van der Waals surface area contributed by atoms with Crippen LogP contribution in [0.2, 0.25) is 0 Å². The standard InChI is InChI=1S/C7H9N.C5H9N/c1-8-7-5-3-2-4-6-7;1-3-4-5(2)6/h2-6,8H,1H3;3,6H,1,4H2,2H3. The minimum absolute atomic E-state index is 0.671. The van der Waals surface area contributed by atoms with Crippen molar-refractivity contribution in [3.8, 4) is 0 Å². The summed E-state index contributed by atoms with van der Waals surface area (Å²) in [6.45, 7) is 5.23. The summed E-state index contributed by atoms with van der Waals surface area (Å²) >= 11 is 0. The monoisotopic (exact) mass is 190 g/mol. The summed E-state index contributed by atoms with van der Waals surface area (Å²) in [6.07, 6.45) is 2.45. The molecule has 0 bridgehead atoms. The lowest BCUT2D eigenvalue weighted by Gasteiger charge is -1.94. The van der Waals surface area contributed by atoms with Crippen LogP contribution in [-0.4, -0.2) is 12.8 Å². The predicted molar refractivity (Wildman–Crippen MR) is 64.2 cm³/mol. The predicted octanol–water partition coefficient (Wildman–Crippen LogP) is 3.33. The Hall–Kier alpha value is -1.57. The van der Waals surface area contributed by atoms with E-state index in [0.29, 0.717) is 5.71 Å². The van der Waals surface area contributed by atoms with Crippen molar-refractivity contribution in [2.24, 2.45) is 0 Å². The second kappa shape index (κ2) is 8.05. The molecular formula is C12H18N2. The van der Waals surface area contributed by atoms with Crippen molar-refractivity contribution in [1.29, 1.82) is 5.41 Å². The van der Waals surface area contributed by atoms with Crippen LogP contribution >= 0.6 is 0 Å². The summed E-state index contributed by atoms with van der Waals surface area (Å²) in [5, 5.41) is 9.85. The SMILES string of the molecule is C=CCC(C)=N.CNc1ccccc1. The molecule has 0 heterocycles. The van der Waals surface area contributed by atoms with Gasteiger partial charge in [-0.25, -0.2) is 0 Å². The zero-order chi connectivity index (χ0) is 10.8. The van der Waals surface area contributed by atoms with Gasteiger partial charge in [-0.1, -0.05) is 24.3 Å². The smallest absolute Gasteiger partial charge is 0.0337 e. The van der Waals surface area contributed by atoms with Crippen LogP contribution < -0.4 is 5.32 Å². The second-order valence-electron chi connectivity index (χ2n) is 2.89. The molecule has 0 unspecified atom stereocenters. The quantitative estimate of drug-likeness (QED) is 0.556. The molecule has 0 amide bonds. The molecule has 0 saturated carbocycles. The van der Waals surface area contributed by atoms with Crippen molar-refractivity contribution >= 4 is 11.4 Å². The molecule has 0 aliphatic heterocycles. The van der Waals surface area contributed by atoms with E-state index in [0.717, 1.165) is 12.1 Å². The molecule has 0 saturated heterocycles. The number of rotatable bonds is 3. The van der Waals surface area contributed by atoms with Crippen LogP contribution in [0.3, 0.4) is 0 Å². The Bertz CT molecular complexity index is 265. The van der Waals surface area contributed by atoms with Crippen molar-refractivity contribution in [1.82, 2.24) is 0 Å². The first-order valence-electron chi connectivity index (χ1n) is 4.58. The van der Waals surface area contributed by atoms with Gasteiger partial charge in [0, 0.05) is 24.9 Å². The highest BCUT2D eigenvalue weighted by Crippen LogP contribution is 2.01. The van der Waals surface area contributed by atoms with E-state index in [2.05, 4.69) is 11.9 Å². The summed E-state index contributed by atoms with van der Waals surface area (Å²) in [5.41, 5.74) is 1.83. The van der Waals surface area contributed by atoms with E-state index >= 15 is 0 Å². The molecule has 0 aliphatic carbocycles. The molecular weight excluding hydrogens is 172 g/mol. The third-order valence-corrected chi connectivity index (χ3v) is 1.51. The molecule has 1 rings (SSSR count). The summed E-state index contributed by atoms with van der Waals surface area (Å²) in [7, 11) is 1.91.